The molecule has 1 heterocycles. The molecule has 0 aliphatic heterocycles. The minimum absolute atomic E-state index is 0.00731. The number of hydrogen-bond donors (Lipinski definition) is 2. The minimum Gasteiger partial charge on any atom is -0.395 e. The van der Waals surface area contributed by atoms with Gasteiger partial charge in [0.05, 0.1) is 17.8 Å². The van der Waals surface area contributed by atoms with Gasteiger partial charge in [-0.15, -0.1) is 0 Å². The summed E-state index contributed by atoms with van der Waals surface area (Å²) in [6.45, 7) is 3.53. The highest BCUT2D eigenvalue weighted by molar-refractivity contribution is 5.94. The van der Waals surface area contributed by atoms with E-state index < -0.39 is 5.60 Å². The summed E-state index contributed by atoms with van der Waals surface area (Å²) in [6, 6.07) is 1.65. The van der Waals surface area contributed by atoms with Crippen molar-refractivity contribution in [3.8, 4) is 11.8 Å². The third-order valence-electron chi connectivity index (χ3n) is 2.43. The number of rotatable bonds is 4. The van der Waals surface area contributed by atoms with Crippen LogP contribution in [-0.2, 0) is 0 Å². The monoisotopic (exact) mass is 276 g/mol. The Morgan fingerprint density at radius 1 is 1.45 bits per heavy atom. The lowest BCUT2D eigenvalue weighted by Crippen LogP contribution is -2.39. The Labute approximate surface area is 119 Å². The number of pyridine rings is 1. The number of aliphatic hydroxyl groups is 2. The van der Waals surface area contributed by atoms with Gasteiger partial charge in [0.15, 0.2) is 0 Å². The maximum absolute atomic E-state index is 12.2. The second kappa shape index (κ2) is 7.04. The second-order valence-corrected chi connectivity index (χ2v) is 5.21. The smallest absolute Gasteiger partial charge is 0.255 e. The van der Waals surface area contributed by atoms with Crippen LogP contribution < -0.4 is 0 Å². The molecule has 0 atom stereocenters. The largest absolute Gasteiger partial charge is 0.395 e. The summed E-state index contributed by atoms with van der Waals surface area (Å²) in [4.78, 5) is 17.6. The van der Waals surface area contributed by atoms with Crippen LogP contribution in [0, 0.1) is 11.8 Å². The van der Waals surface area contributed by atoms with Crippen LogP contribution >= 0.6 is 0 Å². The van der Waals surface area contributed by atoms with Gasteiger partial charge in [0, 0.05) is 38.0 Å². The maximum Gasteiger partial charge on any atom is 0.255 e. The highest BCUT2D eigenvalue weighted by Crippen LogP contribution is 2.09. The number of carbonyl (C=O) groups is 1. The van der Waals surface area contributed by atoms with Crippen molar-refractivity contribution in [1.29, 1.82) is 0 Å². The number of likely N-dealkylation sites (N-methyl/N-ethyl adjacent to an activating group) is 1. The molecule has 0 saturated heterocycles. The molecule has 5 nitrogen and oxygen atoms in total. The fourth-order valence-electron chi connectivity index (χ4n) is 1.72. The van der Waals surface area contributed by atoms with Gasteiger partial charge >= 0.3 is 0 Å². The summed E-state index contributed by atoms with van der Waals surface area (Å²) in [5, 5.41) is 18.4. The zero-order valence-corrected chi connectivity index (χ0v) is 12.1. The van der Waals surface area contributed by atoms with Gasteiger partial charge in [0.25, 0.3) is 5.91 Å². The van der Waals surface area contributed by atoms with E-state index >= 15 is 0 Å². The highest BCUT2D eigenvalue weighted by atomic mass is 16.3. The van der Waals surface area contributed by atoms with Gasteiger partial charge in [-0.1, -0.05) is 11.8 Å². The van der Waals surface area contributed by atoms with Gasteiger partial charge in [-0.2, -0.15) is 0 Å². The zero-order valence-electron chi connectivity index (χ0n) is 12.1. The summed E-state index contributed by atoms with van der Waals surface area (Å²) in [5.41, 5.74) is 0.102. The maximum atomic E-state index is 12.2. The van der Waals surface area contributed by atoms with Crippen molar-refractivity contribution in [2.45, 2.75) is 25.9 Å². The molecule has 0 aromatic carbocycles. The molecule has 0 radical (unpaired) electrons. The molecule has 1 amide bonds. The van der Waals surface area contributed by atoms with E-state index in [0.29, 0.717) is 17.5 Å². The molecule has 1 aromatic heterocycles. The van der Waals surface area contributed by atoms with Crippen molar-refractivity contribution in [2.24, 2.45) is 0 Å². The molecular formula is C15H20N2O3. The summed E-state index contributed by atoms with van der Waals surface area (Å²) >= 11 is 0. The highest BCUT2D eigenvalue weighted by Gasteiger charge is 2.20. The Morgan fingerprint density at radius 3 is 2.75 bits per heavy atom. The van der Waals surface area contributed by atoms with Crippen LogP contribution in [0.3, 0.4) is 0 Å². The molecule has 0 bridgehead atoms. The minimum atomic E-state index is -0.948. The third-order valence-corrected chi connectivity index (χ3v) is 2.43. The number of hydrogen-bond acceptors (Lipinski definition) is 4. The van der Waals surface area contributed by atoms with Crippen LogP contribution in [0.15, 0.2) is 18.5 Å². The van der Waals surface area contributed by atoms with Gasteiger partial charge in [0.2, 0.25) is 0 Å². The van der Waals surface area contributed by atoms with Crippen molar-refractivity contribution in [3.63, 3.8) is 0 Å². The molecule has 0 unspecified atom stereocenters. The number of aliphatic hydroxyl groups excluding tert-OH is 1. The average Bonchev–Trinajstić information content (AvgIpc) is 2.36. The summed E-state index contributed by atoms with van der Waals surface area (Å²) < 4.78 is 0. The number of amides is 1. The van der Waals surface area contributed by atoms with Crippen molar-refractivity contribution in [2.75, 3.05) is 20.2 Å². The lowest BCUT2D eigenvalue weighted by Gasteiger charge is -2.25. The lowest BCUT2D eigenvalue weighted by atomic mass is 10.1. The van der Waals surface area contributed by atoms with Crippen LogP contribution in [0.4, 0.5) is 0 Å². The molecule has 20 heavy (non-hydrogen) atoms. The molecule has 1 aromatic rings. The van der Waals surface area contributed by atoms with Crippen LogP contribution in [0.1, 0.15) is 36.2 Å². The second-order valence-electron chi connectivity index (χ2n) is 5.21. The van der Waals surface area contributed by atoms with E-state index in [2.05, 4.69) is 16.8 Å². The van der Waals surface area contributed by atoms with E-state index in [1.54, 1.807) is 33.2 Å². The molecular weight excluding hydrogens is 256 g/mol. The van der Waals surface area contributed by atoms with Crippen LogP contribution in [0.2, 0.25) is 0 Å². The fraction of sp³-hybridized carbons (Fsp3) is 0.467. The van der Waals surface area contributed by atoms with Crippen molar-refractivity contribution in [3.05, 3.63) is 29.6 Å². The van der Waals surface area contributed by atoms with Gasteiger partial charge in [0.1, 0.15) is 0 Å². The Kier molecular flexibility index (Phi) is 5.68. The number of nitrogens with zero attached hydrogens (tertiary/aromatic N) is 2. The van der Waals surface area contributed by atoms with Gasteiger partial charge in [-0.3, -0.25) is 9.78 Å². The quantitative estimate of drug-likeness (QED) is 0.792. The van der Waals surface area contributed by atoms with Gasteiger partial charge < -0.3 is 15.1 Å². The first-order valence-corrected chi connectivity index (χ1v) is 6.36. The summed E-state index contributed by atoms with van der Waals surface area (Å²) in [7, 11) is 1.63. The average molecular weight is 276 g/mol. The van der Waals surface area contributed by atoms with Crippen LogP contribution in [-0.4, -0.2) is 51.8 Å². The molecule has 0 fully saturated rings. The van der Waals surface area contributed by atoms with Crippen LogP contribution in [0.25, 0.3) is 0 Å². The number of aromatic nitrogens is 1. The first kappa shape index (κ1) is 16.2. The predicted octanol–water partition coefficient (Wildman–Crippen LogP) is 0.658. The van der Waals surface area contributed by atoms with Crippen molar-refractivity contribution >= 4 is 5.91 Å². The first-order valence-electron chi connectivity index (χ1n) is 6.36. The Bertz CT molecular complexity index is 524. The van der Waals surface area contributed by atoms with Gasteiger partial charge in [-0.25, -0.2) is 0 Å². The van der Waals surface area contributed by atoms with Crippen molar-refractivity contribution in [1.82, 2.24) is 9.88 Å². The van der Waals surface area contributed by atoms with E-state index in [-0.39, 0.29) is 19.1 Å². The van der Waals surface area contributed by atoms with Gasteiger partial charge in [-0.05, 0) is 19.9 Å². The molecule has 0 saturated carbocycles. The van der Waals surface area contributed by atoms with E-state index in [1.807, 2.05) is 0 Å². The van der Waals surface area contributed by atoms with E-state index in [9.17, 15) is 9.90 Å². The SMILES string of the molecule is CN(CC(C)(C)O)C(=O)c1cncc(C#CCCO)c1. The predicted molar refractivity (Wildman–Crippen MR) is 76.1 cm³/mol. The fourth-order valence-corrected chi connectivity index (χ4v) is 1.72. The van der Waals surface area contributed by atoms with Crippen LogP contribution in [0.5, 0.6) is 0 Å². The standard InChI is InChI=1S/C15H20N2O3/c1-15(2,20)11-17(3)14(19)13-8-12(9-16-10-13)6-4-5-7-18/h8-10,18,20H,5,7,11H2,1-3H3. The normalized spacial score (nSPS) is 10.7. The molecule has 0 spiro atoms. The number of carbonyl (C=O) groups excluding carboxylic acids is 1. The molecule has 5 heteroatoms. The summed E-state index contributed by atoms with van der Waals surface area (Å²) in [5.74, 6) is 5.40. The summed E-state index contributed by atoms with van der Waals surface area (Å²) in [6.07, 6.45) is 3.42. The molecule has 0 aliphatic carbocycles. The Morgan fingerprint density at radius 2 is 2.15 bits per heavy atom. The Hall–Kier alpha value is -1.90. The molecule has 2 N–H and O–H groups in total. The molecule has 0 aliphatic rings. The topological polar surface area (TPSA) is 73.7 Å². The Balaban J connectivity index is 2.84. The van der Waals surface area contributed by atoms with Crippen molar-refractivity contribution < 1.29 is 15.0 Å². The first-order chi connectivity index (χ1) is 9.33. The zero-order chi connectivity index (χ0) is 15.2. The molecule has 1 rings (SSSR count). The van der Waals surface area contributed by atoms with E-state index in [1.165, 1.54) is 11.1 Å². The van der Waals surface area contributed by atoms with E-state index in [0.717, 1.165) is 0 Å². The van der Waals surface area contributed by atoms with E-state index in [4.69, 9.17) is 5.11 Å². The molecule has 108 valence electrons. The third kappa shape index (κ3) is 5.39. The lowest BCUT2D eigenvalue weighted by molar-refractivity contribution is 0.0367.